The Morgan fingerprint density at radius 2 is 2.12 bits per heavy atom. The summed E-state index contributed by atoms with van der Waals surface area (Å²) in [5.74, 6) is 2.97. The standard InChI is InChI=1S/C23H23ClN8O2/c1-33-14-8-19(20-9-18(31-34-20)16-4-2-3-7-25-16)32(12-14)23-26-11-15(24)22(28-23)27-21-10-17(29-30-21)13-5-6-13/h2-4,7,9-11,13-14,19H,5-6,8,12H2,1H3,(H2,26,27,28,29,30)/t14-,19?/m1/s1. The fourth-order valence-electron chi connectivity index (χ4n) is 4.25. The van der Waals surface area contributed by atoms with Crippen molar-refractivity contribution >= 4 is 29.2 Å². The van der Waals surface area contributed by atoms with Gasteiger partial charge in [-0.25, -0.2) is 4.98 Å². The number of hydrogen-bond acceptors (Lipinski definition) is 9. The monoisotopic (exact) mass is 478 g/mol. The Morgan fingerprint density at radius 3 is 2.91 bits per heavy atom. The van der Waals surface area contributed by atoms with Gasteiger partial charge in [-0.3, -0.25) is 10.1 Å². The van der Waals surface area contributed by atoms with E-state index in [1.807, 2.05) is 30.3 Å². The van der Waals surface area contributed by atoms with E-state index in [0.29, 0.717) is 52.9 Å². The molecule has 4 aromatic heterocycles. The van der Waals surface area contributed by atoms with E-state index in [4.69, 9.17) is 25.8 Å². The van der Waals surface area contributed by atoms with Crippen LogP contribution < -0.4 is 10.2 Å². The lowest BCUT2D eigenvalue weighted by atomic mass is 10.1. The number of aromatic nitrogens is 6. The van der Waals surface area contributed by atoms with Crippen molar-refractivity contribution < 1.29 is 9.26 Å². The van der Waals surface area contributed by atoms with Crippen LogP contribution in [-0.2, 0) is 4.74 Å². The number of pyridine rings is 1. The van der Waals surface area contributed by atoms with Gasteiger partial charge in [-0.2, -0.15) is 10.1 Å². The summed E-state index contributed by atoms with van der Waals surface area (Å²) in [5, 5.41) is 15.3. The first-order valence-electron chi connectivity index (χ1n) is 11.2. The average molecular weight is 479 g/mol. The molecule has 2 N–H and O–H groups in total. The number of aromatic amines is 1. The highest BCUT2D eigenvalue weighted by Gasteiger charge is 2.38. The molecule has 1 saturated carbocycles. The van der Waals surface area contributed by atoms with Crippen LogP contribution in [-0.4, -0.2) is 50.1 Å². The van der Waals surface area contributed by atoms with E-state index in [-0.39, 0.29) is 12.1 Å². The van der Waals surface area contributed by atoms with Crippen LogP contribution >= 0.6 is 11.6 Å². The molecule has 34 heavy (non-hydrogen) atoms. The van der Waals surface area contributed by atoms with Crippen LogP contribution in [0.4, 0.5) is 17.6 Å². The molecule has 5 heterocycles. The maximum absolute atomic E-state index is 6.41. The smallest absolute Gasteiger partial charge is 0.228 e. The molecule has 10 nitrogen and oxygen atoms in total. The predicted molar refractivity (Wildman–Crippen MR) is 126 cm³/mol. The summed E-state index contributed by atoms with van der Waals surface area (Å²) in [5.41, 5.74) is 2.56. The van der Waals surface area contributed by atoms with E-state index in [1.54, 1.807) is 19.5 Å². The van der Waals surface area contributed by atoms with Gasteiger partial charge in [0.05, 0.1) is 24.0 Å². The molecule has 0 spiro atoms. The van der Waals surface area contributed by atoms with Crippen LogP contribution in [0.25, 0.3) is 11.4 Å². The van der Waals surface area contributed by atoms with Gasteiger partial charge in [0.25, 0.3) is 0 Å². The molecule has 1 unspecified atom stereocenters. The zero-order valence-corrected chi connectivity index (χ0v) is 19.2. The lowest BCUT2D eigenvalue weighted by molar-refractivity contribution is 0.117. The number of H-pyrrole nitrogens is 1. The Labute approximate surface area is 200 Å². The van der Waals surface area contributed by atoms with Gasteiger partial charge in [-0.05, 0) is 25.0 Å². The minimum Gasteiger partial charge on any atom is -0.380 e. The highest BCUT2D eigenvalue weighted by Crippen LogP contribution is 2.40. The van der Waals surface area contributed by atoms with Crippen molar-refractivity contribution in [3.63, 3.8) is 0 Å². The second-order valence-corrected chi connectivity index (χ2v) is 8.97. The van der Waals surface area contributed by atoms with Gasteiger partial charge in [0.2, 0.25) is 5.95 Å². The lowest BCUT2D eigenvalue weighted by Gasteiger charge is -2.22. The fraction of sp³-hybridized carbons (Fsp3) is 0.348. The number of ether oxygens (including phenoxy) is 1. The number of nitrogens with one attached hydrogen (secondary N) is 2. The van der Waals surface area contributed by atoms with Gasteiger partial charge in [0.1, 0.15) is 10.7 Å². The van der Waals surface area contributed by atoms with E-state index in [0.717, 1.165) is 11.4 Å². The van der Waals surface area contributed by atoms with Crippen LogP contribution in [0.3, 0.4) is 0 Å². The van der Waals surface area contributed by atoms with E-state index in [2.05, 4.69) is 35.5 Å². The topological polar surface area (TPSA) is 118 Å². The van der Waals surface area contributed by atoms with E-state index in [1.165, 1.54) is 12.8 Å². The summed E-state index contributed by atoms with van der Waals surface area (Å²) in [7, 11) is 1.70. The third-order valence-electron chi connectivity index (χ3n) is 6.23. The van der Waals surface area contributed by atoms with Crippen LogP contribution in [0.1, 0.15) is 42.7 Å². The number of anilines is 3. The van der Waals surface area contributed by atoms with Crippen molar-refractivity contribution in [2.45, 2.75) is 37.3 Å². The molecule has 1 aliphatic carbocycles. The lowest BCUT2D eigenvalue weighted by Crippen LogP contribution is -2.26. The molecule has 6 rings (SSSR count). The Hall–Kier alpha value is -3.50. The Balaban J connectivity index is 1.28. The van der Waals surface area contributed by atoms with Gasteiger partial charge >= 0.3 is 0 Å². The first-order chi connectivity index (χ1) is 16.7. The van der Waals surface area contributed by atoms with Crippen LogP contribution in [0.15, 0.2) is 47.2 Å². The minimum atomic E-state index is -0.143. The highest BCUT2D eigenvalue weighted by atomic mass is 35.5. The molecule has 2 aliphatic rings. The molecular weight excluding hydrogens is 456 g/mol. The van der Waals surface area contributed by atoms with Gasteiger partial charge in [0, 0.05) is 50.0 Å². The molecule has 2 atom stereocenters. The summed E-state index contributed by atoms with van der Waals surface area (Å²) in [6.07, 6.45) is 6.43. The van der Waals surface area contributed by atoms with Crippen LogP contribution in [0, 0.1) is 0 Å². The highest BCUT2D eigenvalue weighted by molar-refractivity contribution is 6.32. The largest absolute Gasteiger partial charge is 0.380 e. The number of methoxy groups -OCH3 is 1. The molecule has 4 aromatic rings. The normalized spacial score (nSPS) is 20.1. The molecule has 1 saturated heterocycles. The van der Waals surface area contributed by atoms with Crippen molar-refractivity contribution in [3.8, 4) is 11.4 Å². The molecule has 0 radical (unpaired) electrons. The molecule has 11 heteroatoms. The van der Waals surface area contributed by atoms with Crippen molar-refractivity contribution in [3.05, 3.63) is 59.2 Å². The maximum atomic E-state index is 6.41. The summed E-state index contributed by atoms with van der Waals surface area (Å²) in [6, 6.07) is 9.46. The van der Waals surface area contributed by atoms with Gasteiger partial charge in [0.15, 0.2) is 17.4 Å². The molecule has 2 fully saturated rings. The minimum absolute atomic E-state index is 0.00321. The van der Waals surface area contributed by atoms with Gasteiger partial charge in [-0.1, -0.05) is 22.8 Å². The van der Waals surface area contributed by atoms with Crippen molar-refractivity contribution in [2.75, 3.05) is 23.9 Å². The van der Waals surface area contributed by atoms with Crippen LogP contribution in [0.2, 0.25) is 5.02 Å². The molecule has 174 valence electrons. The molecule has 0 amide bonds. The van der Waals surface area contributed by atoms with E-state index in [9.17, 15) is 0 Å². The quantitative estimate of drug-likeness (QED) is 0.396. The molecular formula is C23H23ClN8O2. The maximum Gasteiger partial charge on any atom is 0.228 e. The zero-order valence-electron chi connectivity index (χ0n) is 18.5. The van der Waals surface area contributed by atoms with Gasteiger partial charge < -0.3 is 19.5 Å². The number of halogens is 1. The Bertz CT molecular complexity index is 1290. The Morgan fingerprint density at radius 1 is 1.21 bits per heavy atom. The molecule has 0 aromatic carbocycles. The predicted octanol–water partition coefficient (Wildman–Crippen LogP) is 4.49. The van der Waals surface area contributed by atoms with Crippen molar-refractivity contribution in [2.24, 2.45) is 0 Å². The first-order valence-corrected chi connectivity index (χ1v) is 11.6. The number of hydrogen-bond donors (Lipinski definition) is 2. The molecule has 1 aliphatic heterocycles. The average Bonchev–Trinajstić information content (AvgIpc) is 3.25. The van der Waals surface area contributed by atoms with Crippen LogP contribution in [0.5, 0.6) is 0 Å². The summed E-state index contributed by atoms with van der Waals surface area (Å²) in [6.45, 7) is 0.607. The van der Waals surface area contributed by atoms with Crippen molar-refractivity contribution in [1.29, 1.82) is 0 Å². The van der Waals surface area contributed by atoms with E-state index < -0.39 is 0 Å². The second kappa shape index (κ2) is 8.69. The first kappa shape index (κ1) is 21.1. The summed E-state index contributed by atoms with van der Waals surface area (Å²) in [4.78, 5) is 15.6. The third kappa shape index (κ3) is 4.10. The SMILES string of the molecule is CO[C@@H]1CC(c2cc(-c3ccccn3)no2)N(c2ncc(Cl)c(Nc3cc(C4CC4)[nH]n3)n2)C1. The third-order valence-corrected chi connectivity index (χ3v) is 6.51. The zero-order chi connectivity index (χ0) is 23.1. The van der Waals surface area contributed by atoms with Gasteiger partial charge in [-0.15, -0.1) is 0 Å². The number of rotatable bonds is 7. The summed E-state index contributed by atoms with van der Waals surface area (Å²) >= 11 is 6.41. The van der Waals surface area contributed by atoms with Crippen molar-refractivity contribution in [1.82, 2.24) is 30.3 Å². The second-order valence-electron chi connectivity index (χ2n) is 8.57. The Kier molecular flexibility index (Phi) is 5.39. The van der Waals surface area contributed by atoms with E-state index >= 15 is 0 Å². The fourth-order valence-corrected chi connectivity index (χ4v) is 4.39. The molecule has 0 bridgehead atoms. The summed E-state index contributed by atoms with van der Waals surface area (Å²) < 4.78 is 11.4. The number of nitrogens with zero attached hydrogens (tertiary/aromatic N) is 6.